The molecule has 0 aliphatic heterocycles. The summed E-state index contributed by atoms with van der Waals surface area (Å²) in [5, 5.41) is 23.6. The van der Waals surface area contributed by atoms with Crippen LogP contribution in [-0.4, -0.2) is 38.9 Å². The lowest BCUT2D eigenvalue weighted by molar-refractivity contribution is 0.0183. The van der Waals surface area contributed by atoms with Crippen LogP contribution in [0.3, 0.4) is 0 Å². The Morgan fingerprint density at radius 3 is 2.84 bits per heavy atom. The second-order valence-electron chi connectivity index (χ2n) is 5.64. The van der Waals surface area contributed by atoms with Gasteiger partial charge in [-0.2, -0.15) is 0 Å². The number of carbonyl (C=O) groups is 1. The minimum atomic E-state index is -1.18. The van der Waals surface area contributed by atoms with Gasteiger partial charge < -0.3 is 25.3 Å². The number of H-pyrrole nitrogens is 1. The molecule has 7 heteroatoms. The molecule has 3 rings (SSSR count). The van der Waals surface area contributed by atoms with Gasteiger partial charge in [0, 0.05) is 29.9 Å². The molecule has 2 atom stereocenters. The summed E-state index contributed by atoms with van der Waals surface area (Å²) in [5.41, 5.74) is 2.04. The first-order valence-corrected chi connectivity index (χ1v) is 7.87. The molecule has 25 heavy (non-hydrogen) atoms. The van der Waals surface area contributed by atoms with E-state index in [1.54, 1.807) is 12.3 Å². The lowest BCUT2D eigenvalue weighted by Gasteiger charge is -2.18. The van der Waals surface area contributed by atoms with Crippen molar-refractivity contribution in [3.63, 3.8) is 0 Å². The van der Waals surface area contributed by atoms with Crippen molar-refractivity contribution in [2.24, 2.45) is 0 Å². The minimum absolute atomic E-state index is 0.138. The van der Waals surface area contributed by atoms with Gasteiger partial charge in [-0.1, -0.05) is 30.3 Å². The van der Waals surface area contributed by atoms with Crippen LogP contribution in [0.4, 0.5) is 4.79 Å². The normalized spacial score (nSPS) is 13.4. The number of hydrogen-bond donors (Lipinski definition) is 4. The lowest BCUT2D eigenvalue weighted by atomic mass is 10.1. The second-order valence-corrected chi connectivity index (χ2v) is 5.64. The van der Waals surface area contributed by atoms with E-state index in [9.17, 15) is 15.0 Å². The Kier molecular flexibility index (Phi) is 5.27. The van der Waals surface area contributed by atoms with Crippen LogP contribution in [0, 0.1) is 0 Å². The van der Waals surface area contributed by atoms with Crippen molar-refractivity contribution in [2.45, 2.75) is 18.8 Å². The summed E-state index contributed by atoms with van der Waals surface area (Å²) in [7, 11) is 0. The molecule has 0 bridgehead atoms. The van der Waals surface area contributed by atoms with Crippen LogP contribution < -0.4 is 5.32 Å². The van der Waals surface area contributed by atoms with Gasteiger partial charge >= 0.3 is 6.09 Å². The Bertz CT molecular complexity index is 834. The van der Waals surface area contributed by atoms with E-state index in [2.05, 4.69) is 15.3 Å². The van der Waals surface area contributed by atoms with Gasteiger partial charge in [-0.25, -0.2) is 9.78 Å². The molecule has 0 saturated carbocycles. The fourth-order valence-corrected chi connectivity index (χ4v) is 2.41. The number of aliphatic hydroxyl groups is 2. The Morgan fingerprint density at radius 1 is 1.24 bits per heavy atom. The van der Waals surface area contributed by atoms with E-state index >= 15 is 0 Å². The van der Waals surface area contributed by atoms with Crippen molar-refractivity contribution in [2.75, 3.05) is 6.54 Å². The summed E-state index contributed by atoms with van der Waals surface area (Å²) in [4.78, 5) is 18.8. The molecule has 1 amide bonds. The SMILES string of the molecule is O=C(NCC(O)C(O)c1cnc2[nH]ccc2c1)OCc1ccccc1. The topological polar surface area (TPSA) is 107 Å². The molecule has 2 unspecified atom stereocenters. The summed E-state index contributed by atoms with van der Waals surface area (Å²) in [6, 6.07) is 12.8. The Hall–Kier alpha value is -2.90. The average molecular weight is 341 g/mol. The van der Waals surface area contributed by atoms with Crippen molar-refractivity contribution in [3.05, 3.63) is 66.0 Å². The van der Waals surface area contributed by atoms with Gasteiger partial charge in [0.1, 0.15) is 24.5 Å². The molecule has 0 spiro atoms. The van der Waals surface area contributed by atoms with Crippen molar-refractivity contribution in [1.82, 2.24) is 15.3 Å². The summed E-state index contributed by atoms with van der Waals surface area (Å²) in [5.74, 6) is 0. The number of rotatable bonds is 6. The van der Waals surface area contributed by atoms with Crippen LogP contribution in [-0.2, 0) is 11.3 Å². The quantitative estimate of drug-likeness (QED) is 0.548. The summed E-state index contributed by atoms with van der Waals surface area (Å²) >= 11 is 0. The number of aromatic amines is 1. The first-order chi connectivity index (χ1) is 12.1. The fraction of sp³-hybridized carbons (Fsp3) is 0.222. The van der Waals surface area contributed by atoms with E-state index < -0.39 is 18.3 Å². The zero-order chi connectivity index (χ0) is 17.6. The van der Waals surface area contributed by atoms with E-state index in [1.807, 2.05) is 36.4 Å². The molecule has 4 N–H and O–H groups in total. The van der Waals surface area contributed by atoms with E-state index in [0.29, 0.717) is 11.2 Å². The van der Waals surface area contributed by atoms with E-state index in [4.69, 9.17) is 4.74 Å². The lowest BCUT2D eigenvalue weighted by Crippen LogP contribution is -2.35. The van der Waals surface area contributed by atoms with Crippen LogP contribution in [0.1, 0.15) is 17.2 Å². The van der Waals surface area contributed by atoms with E-state index in [0.717, 1.165) is 10.9 Å². The Balaban J connectivity index is 1.49. The summed E-state index contributed by atoms with van der Waals surface area (Å²) in [6.45, 7) is -0.000632. The molecule has 3 aromatic rings. The number of hydrogen-bond acceptors (Lipinski definition) is 5. The van der Waals surface area contributed by atoms with Crippen LogP contribution in [0.15, 0.2) is 54.9 Å². The number of amides is 1. The monoisotopic (exact) mass is 341 g/mol. The number of fused-ring (bicyclic) bond motifs is 1. The summed E-state index contributed by atoms with van der Waals surface area (Å²) < 4.78 is 5.05. The van der Waals surface area contributed by atoms with Crippen molar-refractivity contribution in [3.8, 4) is 0 Å². The zero-order valence-electron chi connectivity index (χ0n) is 13.4. The molecule has 1 aromatic carbocycles. The predicted octanol–water partition coefficient (Wildman–Crippen LogP) is 1.88. The predicted molar refractivity (Wildman–Crippen MR) is 91.7 cm³/mol. The number of carbonyl (C=O) groups excluding carboxylic acids is 1. The van der Waals surface area contributed by atoms with Gasteiger partial charge in [0.05, 0.1) is 0 Å². The molecular weight excluding hydrogens is 322 g/mol. The highest BCUT2D eigenvalue weighted by atomic mass is 16.5. The molecular formula is C18H19N3O4. The van der Waals surface area contributed by atoms with Crippen molar-refractivity contribution in [1.29, 1.82) is 0 Å². The third-order valence-electron chi connectivity index (χ3n) is 3.80. The summed E-state index contributed by atoms with van der Waals surface area (Å²) in [6.07, 6.45) is 0.229. The first kappa shape index (κ1) is 16.9. The average Bonchev–Trinajstić information content (AvgIpc) is 3.12. The highest BCUT2D eigenvalue weighted by molar-refractivity contribution is 5.75. The van der Waals surface area contributed by atoms with Crippen molar-refractivity contribution >= 4 is 17.1 Å². The Labute approximate surface area is 144 Å². The highest BCUT2D eigenvalue weighted by Crippen LogP contribution is 2.20. The number of ether oxygens (including phenoxy) is 1. The maximum Gasteiger partial charge on any atom is 0.407 e. The highest BCUT2D eigenvalue weighted by Gasteiger charge is 2.20. The number of aliphatic hydroxyl groups excluding tert-OH is 2. The molecule has 7 nitrogen and oxygen atoms in total. The van der Waals surface area contributed by atoms with Crippen LogP contribution >= 0.6 is 0 Å². The van der Waals surface area contributed by atoms with Gasteiger partial charge in [0.2, 0.25) is 0 Å². The number of pyridine rings is 1. The third kappa shape index (κ3) is 4.34. The van der Waals surface area contributed by atoms with Gasteiger partial charge in [0.15, 0.2) is 0 Å². The molecule has 0 radical (unpaired) electrons. The molecule has 130 valence electrons. The van der Waals surface area contributed by atoms with Gasteiger partial charge in [-0.3, -0.25) is 0 Å². The Morgan fingerprint density at radius 2 is 2.04 bits per heavy atom. The third-order valence-corrected chi connectivity index (χ3v) is 3.80. The van der Waals surface area contributed by atoms with Gasteiger partial charge in [-0.05, 0) is 17.7 Å². The van der Waals surface area contributed by atoms with Gasteiger partial charge in [-0.15, -0.1) is 0 Å². The largest absolute Gasteiger partial charge is 0.445 e. The van der Waals surface area contributed by atoms with Gasteiger partial charge in [0.25, 0.3) is 0 Å². The van der Waals surface area contributed by atoms with Crippen LogP contribution in [0.5, 0.6) is 0 Å². The van der Waals surface area contributed by atoms with Crippen LogP contribution in [0.25, 0.3) is 11.0 Å². The smallest absolute Gasteiger partial charge is 0.407 e. The van der Waals surface area contributed by atoms with E-state index in [1.165, 1.54) is 6.20 Å². The number of benzene rings is 1. The van der Waals surface area contributed by atoms with Crippen molar-refractivity contribution < 1.29 is 19.7 Å². The standard InChI is InChI=1S/C18H19N3O4/c22-15(10-21-18(24)25-11-12-4-2-1-3-5-12)16(23)14-8-13-6-7-19-17(13)20-9-14/h1-9,15-16,22-23H,10-11H2,(H,19,20)(H,21,24). The maximum absolute atomic E-state index is 11.7. The molecule has 0 saturated heterocycles. The zero-order valence-corrected chi connectivity index (χ0v) is 13.4. The number of alkyl carbamates (subject to hydrolysis) is 1. The first-order valence-electron chi connectivity index (χ1n) is 7.87. The molecule has 0 fully saturated rings. The fourth-order valence-electron chi connectivity index (χ4n) is 2.41. The molecule has 2 heterocycles. The molecule has 0 aliphatic carbocycles. The number of nitrogens with zero attached hydrogens (tertiary/aromatic N) is 1. The number of aromatic nitrogens is 2. The number of nitrogens with one attached hydrogen (secondary N) is 2. The minimum Gasteiger partial charge on any atom is -0.445 e. The maximum atomic E-state index is 11.7. The second kappa shape index (κ2) is 7.78. The molecule has 0 aliphatic rings. The molecule has 2 aromatic heterocycles. The van der Waals surface area contributed by atoms with Crippen LogP contribution in [0.2, 0.25) is 0 Å². The van der Waals surface area contributed by atoms with E-state index in [-0.39, 0.29) is 13.2 Å².